The molecule has 0 spiro atoms. The first-order chi connectivity index (χ1) is 8.20. The fourth-order valence-corrected chi connectivity index (χ4v) is 3.76. The maximum absolute atomic E-state index is 6.14. The first-order valence-electron chi connectivity index (χ1n) is 7.65. The number of likely N-dealkylation sites (tertiary alicyclic amines) is 1. The fourth-order valence-electron chi connectivity index (χ4n) is 3.76. The van der Waals surface area contributed by atoms with E-state index in [1.54, 1.807) is 0 Å². The second-order valence-corrected chi connectivity index (χ2v) is 6.45. The molecule has 0 bridgehead atoms. The van der Waals surface area contributed by atoms with Gasteiger partial charge in [-0.2, -0.15) is 0 Å². The zero-order chi connectivity index (χ0) is 12.3. The minimum atomic E-state index is 0.366. The maximum Gasteiger partial charge on any atom is 0.0331 e. The van der Waals surface area contributed by atoms with Gasteiger partial charge in [-0.3, -0.25) is 4.90 Å². The molecule has 1 heterocycles. The van der Waals surface area contributed by atoms with E-state index in [4.69, 9.17) is 5.73 Å². The Hall–Kier alpha value is -0.0800. The van der Waals surface area contributed by atoms with E-state index in [0.717, 1.165) is 18.4 Å². The molecule has 0 aromatic carbocycles. The van der Waals surface area contributed by atoms with E-state index in [1.807, 2.05) is 0 Å². The molecule has 17 heavy (non-hydrogen) atoms. The Bertz CT molecular complexity index is 223. The van der Waals surface area contributed by atoms with Crippen molar-refractivity contribution in [2.45, 2.75) is 64.3 Å². The van der Waals surface area contributed by atoms with E-state index >= 15 is 0 Å². The summed E-state index contributed by atoms with van der Waals surface area (Å²) < 4.78 is 0. The molecule has 1 saturated carbocycles. The minimum absolute atomic E-state index is 0.366. The van der Waals surface area contributed by atoms with E-state index in [1.165, 1.54) is 58.0 Å². The molecule has 1 aliphatic heterocycles. The highest BCUT2D eigenvalue weighted by molar-refractivity contribution is 4.96. The van der Waals surface area contributed by atoms with Gasteiger partial charge in [0.05, 0.1) is 0 Å². The predicted molar refractivity (Wildman–Crippen MR) is 74.0 cm³/mol. The van der Waals surface area contributed by atoms with Crippen molar-refractivity contribution < 1.29 is 0 Å². The van der Waals surface area contributed by atoms with Crippen LogP contribution >= 0.6 is 0 Å². The van der Waals surface area contributed by atoms with Crippen molar-refractivity contribution in [2.75, 3.05) is 19.6 Å². The summed E-state index contributed by atoms with van der Waals surface area (Å²) >= 11 is 0. The summed E-state index contributed by atoms with van der Waals surface area (Å²) in [5, 5.41) is 0. The Kier molecular flexibility index (Phi) is 4.48. The van der Waals surface area contributed by atoms with Crippen molar-refractivity contribution in [3.63, 3.8) is 0 Å². The van der Waals surface area contributed by atoms with E-state index in [9.17, 15) is 0 Å². The lowest BCUT2D eigenvalue weighted by Crippen LogP contribution is -2.57. The van der Waals surface area contributed by atoms with Crippen LogP contribution in [0.15, 0.2) is 0 Å². The van der Waals surface area contributed by atoms with Crippen molar-refractivity contribution in [1.29, 1.82) is 0 Å². The summed E-state index contributed by atoms with van der Waals surface area (Å²) in [6.07, 6.45) is 9.58. The number of hydrogen-bond donors (Lipinski definition) is 1. The van der Waals surface area contributed by atoms with Gasteiger partial charge in [0.1, 0.15) is 0 Å². The molecule has 2 aliphatic rings. The lowest BCUT2D eigenvalue weighted by atomic mass is 9.75. The predicted octanol–water partition coefficient (Wildman–Crippen LogP) is 3.02. The van der Waals surface area contributed by atoms with Gasteiger partial charge in [0.2, 0.25) is 0 Å². The third-order valence-corrected chi connectivity index (χ3v) is 5.45. The summed E-state index contributed by atoms with van der Waals surface area (Å²) in [6.45, 7) is 8.19. The van der Waals surface area contributed by atoms with Gasteiger partial charge in [-0.05, 0) is 63.5 Å². The zero-order valence-electron chi connectivity index (χ0n) is 11.8. The van der Waals surface area contributed by atoms with E-state index in [2.05, 4.69) is 18.7 Å². The first-order valence-corrected chi connectivity index (χ1v) is 7.65. The number of rotatable bonds is 3. The highest BCUT2D eigenvalue weighted by Gasteiger charge is 2.39. The highest BCUT2D eigenvalue weighted by atomic mass is 15.2. The van der Waals surface area contributed by atoms with Gasteiger partial charge in [0.15, 0.2) is 0 Å². The molecule has 2 fully saturated rings. The van der Waals surface area contributed by atoms with Crippen LogP contribution in [0.2, 0.25) is 0 Å². The van der Waals surface area contributed by atoms with E-state index < -0.39 is 0 Å². The molecule has 0 unspecified atom stereocenters. The van der Waals surface area contributed by atoms with Crippen molar-refractivity contribution in [1.82, 2.24) is 4.90 Å². The van der Waals surface area contributed by atoms with E-state index in [0.29, 0.717) is 5.54 Å². The fraction of sp³-hybridized carbons (Fsp3) is 1.00. The molecular formula is C15H30N2. The second-order valence-electron chi connectivity index (χ2n) is 6.45. The largest absolute Gasteiger partial charge is 0.329 e. The van der Waals surface area contributed by atoms with Crippen LogP contribution in [0.3, 0.4) is 0 Å². The SMILES string of the molecule is CCC1CCN(C2(CN)CCC(C)CC2)CC1. The summed E-state index contributed by atoms with van der Waals surface area (Å²) in [7, 11) is 0. The second kappa shape index (κ2) is 5.71. The van der Waals surface area contributed by atoms with Crippen molar-refractivity contribution >= 4 is 0 Å². The van der Waals surface area contributed by atoms with Gasteiger partial charge in [0.25, 0.3) is 0 Å². The molecule has 2 heteroatoms. The molecular weight excluding hydrogens is 208 g/mol. The van der Waals surface area contributed by atoms with Gasteiger partial charge in [-0.1, -0.05) is 20.3 Å². The number of hydrogen-bond acceptors (Lipinski definition) is 2. The van der Waals surface area contributed by atoms with E-state index in [-0.39, 0.29) is 0 Å². The highest BCUT2D eigenvalue weighted by Crippen LogP contribution is 2.38. The standard InChI is InChI=1S/C15H30N2/c1-3-14-6-10-17(11-7-14)15(12-16)8-4-13(2)5-9-15/h13-14H,3-12,16H2,1-2H3. The number of piperidine rings is 1. The molecule has 2 nitrogen and oxygen atoms in total. The molecule has 2 rings (SSSR count). The van der Waals surface area contributed by atoms with Crippen LogP contribution in [0, 0.1) is 11.8 Å². The average molecular weight is 238 g/mol. The average Bonchev–Trinajstić information content (AvgIpc) is 2.40. The zero-order valence-corrected chi connectivity index (χ0v) is 11.8. The molecule has 0 aromatic heterocycles. The molecule has 1 saturated heterocycles. The van der Waals surface area contributed by atoms with Crippen LogP contribution in [0.5, 0.6) is 0 Å². The smallest absolute Gasteiger partial charge is 0.0331 e. The summed E-state index contributed by atoms with van der Waals surface area (Å²) in [5.74, 6) is 1.89. The van der Waals surface area contributed by atoms with Crippen molar-refractivity contribution in [2.24, 2.45) is 17.6 Å². The topological polar surface area (TPSA) is 29.3 Å². The Morgan fingerprint density at radius 1 is 1.12 bits per heavy atom. The Morgan fingerprint density at radius 2 is 1.71 bits per heavy atom. The number of nitrogens with two attached hydrogens (primary N) is 1. The third kappa shape index (κ3) is 2.85. The number of nitrogens with zero attached hydrogens (tertiary/aromatic N) is 1. The summed E-state index contributed by atoms with van der Waals surface area (Å²) in [6, 6.07) is 0. The molecule has 1 aliphatic carbocycles. The summed E-state index contributed by atoms with van der Waals surface area (Å²) in [5.41, 5.74) is 6.51. The van der Waals surface area contributed by atoms with Gasteiger partial charge >= 0.3 is 0 Å². The maximum atomic E-state index is 6.14. The first kappa shape index (κ1) is 13.4. The van der Waals surface area contributed by atoms with Gasteiger partial charge in [-0.25, -0.2) is 0 Å². The lowest BCUT2D eigenvalue weighted by molar-refractivity contribution is 0.0170. The van der Waals surface area contributed by atoms with Crippen molar-refractivity contribution in [3.05, 3.63) is 0 Å². The molecule has 0 radical (unpaired) electrons. The van der Waals surface area contributed by atoms with Gasteiger partial charge < -0.3 is 5.73 Å². The molecule has 0 atom stereocenters. The van der Waals surface area contributed by atoms with Crippen LogP contribution < -0.4 is 5.73 Å². The van der Waals surface area contributed by atoms with Crippen LogP contribution in [-0.4, -0.2) is 30.1 Å². The van der Waals surface area contributed by atoms with Crippen LogP contribution in [0.1, 0.15) is 58.8 Å². The normalized spacial score (nSPS) is 37.2. The summed E-state index contributed by atoms with van der Waals surface area (Å²) in [4.78, 5) is 2.74. The van der Waals surface area contributed by atoms with Crippen molar-refractivity contribution in [3.8, 4) is 0 Å². The molecule has 2 N–H and O–H groups in total. The van der Waals surface area contributed by atoms with Crippen LogP contribution in [0.25, 0.3) is 0 Å². The van der Waals surface area contributed by atoms with Gasteiger partial charge in [0, 0.05) is 12.1 Å². The lowest BCUT2D eigenvalue weighted by Gasteiger charge is -2.49. The molecule has 0 amide bonds. The molecule has 0 aromatic rings. The Balaban J connectivity index is 1.94. The monoisotopic (exact) mass is 238 g/mol. The van der Waals surface area contributed by atoms with Gasteiger partial charge in [-0.15, -0.1) is 0 Å². The minimum Gasteiger partial charge on any atom is -0.329 e. The Morgan fingerprint density at radius 3 is 2.18 bits per heavy atom. The van der Waals surface area contributed by atoms with Crippen LogP contribution in [0.4, 0.5) is 0 Å². The quantitative estimate of drug-likeness (QED) is 0.819. The Labute approximate surface area is 107 Å². The third-order valence-electron chi connectivity index (χ3n) is 5.45. The van der Waals surface area contributed by atoms with Crippen LogP contribution in [-0.2, 0) is 0 Å². The molecule has 100 valence electrons.